The number of amides is 1. The van der Waals surface area contributed by atoms with E-state index in [1.54, 1.807) is 6.20 Å². The summed E-state index contributed by atoms with van der Waals surface area (Å²) in [4.78, 5) is 23.7. The highest BCUT2D eigenvalue weighted by Crippen LogP contribution is 2.28. The maximum atomic E-state index is 12.5. The maximum absolute atomic E-state index is 12.5. The number of rotatable bonds is 4. The van der Waals surface area contributed by atoms with Crippen molar-refractivity contribution in [2.45, 2.75) is 25.2 Å². The van der Waals surface area contributed by atoms with Gasteiger partial charge >= 0.3 is 0 Å². The van der Waals surface area contributed by atoms with Gasteiger partial charge in [0.2, 0.25) is 5.91 Å². The zero-order chi connectivity index (χ0) is 17.2. The van der Waals surface area contributed by atoms with Gasteiger partial charge in [0.05, 0.1) is 0 Å². The topological polar surface area (TPSA) is 51.0 Å². The number of aryl methyl sites for hydroxylation is 2. The molecule has 5 nitrogen and oxygen atoms in total. The molecule has 1 aliphatic rings. The number of carbonyl (C=O) groups is 1. The molecule has 128 valence electrons. The molecule has 1 saturated heterocycles. The fourth-order valence-corrected chi connectivity index (χ4v) is 3.66. The molecule has 1 aliphatic heterocycles. The fourth-order valence-electron chi connectivity index (χ4n) is 3.66. The number of aromatic nitrogens is 3. The minimum Gasteiger partial charge on any atom is -0.342 e. The predicted octanol–water partition coefficient (Wildman–Crippen LogP) is 2.92. The third-order valence-electron chi connectivity index (χ3n) is 5.04. The lowest BCUT2D eigenvalue weighted by atomic mass is 10.1. The molecule has 3 heterocycles. The molecule has 1 fully saturated rings. The van der Waals surface area contributed by atoms with E-state index in [-0.39, 0.29) is 5.91 Å². The summed E-state index contributed by atoms with van der Waals surface area (Å²) in [7, 11) is 2.01. The summed E-state index contributed by atoms with van der Waals surface area (Å²) < 4.78 is 2.07. The molecule has 4 rings (SSSR count). The second-order valence-electron chi connectivity index (χ2n) is 6.69. The molecule has 1 unspecified atom stereocenters. The summed E-state index contributed by atoms with van der Waals surface area (Å²) in [5.74, 6) is 1.56. The third kappa shape index (κ3) is 3.14. The van der Waals surface area contributed by atoms with Crippen LogP contribution in [-0.2, 0) is 18.3 Å². The normalized spacial score (nSPS) is 17.3. The Morgan fingerprint density at radius 1 is 1.20 bits per heavy atom. The lowest BCUT2D eigenvalue weighted by molar-refractivity contribution is -0.130. The van der Waals surface area contributed by atoms with Crippen LogP contribution in [0.2, 0.25) is 0 Å². The minimum atomic E-state index is 0.239. The first-order valence-electron chi connectivity index (χ1n) is 8.81. The Morgan fingerprint density at radius 3 is 2.84 bits per heavy atom. The van der Waals surface area contributed by atoms with E-state index in [1.807, 2.05) is 42.3 Å². The Bertz CT molecular complexity index is 887. The molecule has 1 amide bonds. The van der Waals surface area contributed by atoms with Gasteiger partial charge in [0, 0.05) is 38.7 Å². The largest absolute Gasteiger partial charge is 0.342 e. The number of benzene rings is 1. The van der Waals surface area contributed by atoms with Crippen molar-refractivity contribution in [3.05, 3.63) is 60.0 Å². The minimum absolute atomic E-state index is 0.239. The lowest BCUT2D eigenvalue weighted by Gasteiger charge is -2.16. The maximum Gasteiger partial charge on any atom is 0.222 e. The van der Waals surface area contributed by atoms with E-state index >= 15 is 0 Å². The Hall–Kier alpha value is -2.69. The van der Waals surface area contributed by atoms with Gasteiger partial charge in [-0.05, 0) is 30.5 Å². The Morgan fingerprint density at radius 2 is 2.04 bits per heavy atom. The molecule has 5 heteroatoms. The van der Waals surface area contributed by atoms with Crippen molar-refractivity contribution in [1.29, 1.82) is 0 Å². The van der Waals surface area contributed by atoms with Gasteiger partial charge in [-0.3, -0.25) is 4.79 Å². The summed E-state index contributed by atoms with van der Waals surface area (Å²) in [6.45, 7) is 1.57. The summed E-state index contributed by atoms with van der Waals surface area (Å²) in [5, 5.41) is 0. The van der Waals surface area contributed by atoms with E-state index in [0.29, 0.717) is 12.3 Å². The van der Waals surface area contributed by atoms with Crippen LogP contribution < -0.4 is 0 Å². The van der Waals surface area contributed by atoms with Crippen LogP contribution >= 0.6 is 0 Å². The molecule has 0 N–H and O–H groups in total. The molecular weight excluding hydrogens is 312 g/mol. The molecule has 1 aromatic carbocycles. The first kappa shape index (κ1) is 15.8. The Kier molecular flexibility index (Phi) is 4.22. The quantitative estimate of drug-likeness (QED) is 0.737. The zero-order valence-corrected chi connectivity index (χ0v) is 14.4. The van der Waals surface area contributed by atoms with Gasteiger partial charge in [0.15, 0.2) is 5.65 Å². The second kappa shape index (κ2) is 6.67. The highest BCUT2D eigenvalue weighted by molar-refractivity contribution is 5.77. The number of carbonyl (C=O) groups excluding carboxylic acids is 1. The number of fused-ring (bicyclic) bond motifs is 1. The van der Waals surface area contributed by atoms with Crippen molar-refractivity contribution >= 4 is 17.1 Å². The average molecular weight is 334 g/mol. The van der Waals surface area contributed by atoms with Crippen LogP contribution in [0.1, 0.15) is 30.1 Å². The van der Waals surface area contributed by atoms with Crippen LogP contribution in [0.5, 0.6) is 0 Å². The van der Waals surface area contributed by atoms with Gasteiger partial charge in [-0.25, -0.2) is 9.97 Å². The van der Waals surface area contributed by atoms with Gasteiger partial charge in [-0.15, -0.1) is 0 Å². The van der Waals surface area contributed by atoms with E-state index in [4.69, 9.17) is 4.98 Å². The molecule has 0 radical (unpaired) electrons. The van der Waals surface area contributed by atoms with Gasteiger partial charge in [0.25, 0.3) is 0 Å². The Balaban J connectivity index is 1.42. The highest BCUT2D eigenvalue weighted by Gasteiger charge is 2.30. The number of pyridine rings is 1. The van der Waals surface area contributed by atoms with Crippen LogP contribution in [0.4, 0.5) is 0 Å². The van der Waals surface area contributed by atoms with E-state index in [1.165, 1.54) is 5.56 Å². The first-order valence-corrected chi connectivity index (χ1v) is 8.81. The van der Waals surface area contributed by atoms with Gasteiger partial charge in [-0.2, -0.15) is 0 Å². The molecular formula is C20H22N4O. The predicted molar refractivity (Wildman–Crippen MR) is 97.2 cm³/mol. The van der Waals surface area contributed by atoms with Crippen LogP contribution in [0.25, 0.3) is 11.2 Å². The molecule has 0 bridgehead atoms. The van der Waals surface area contributed by atoms with Crippen LogP contribution in [0, 0.1) is 0 Å². The van der Waals surface area contributed by atoms with E-state index in [2.05, 4.69) is 21.7 Å². The molecule has 25 heavy (non-hydrogen) atoms. The molecule has 0 aliphatic carbocycles. The molecule has 0 saturated carbocycles. The number of imidazole rings is 1. The van der Waals surface area contributed by atoms with Crippen molar-refractivity contribution < 1.29 is 4.79 Å². The summed E-state index contributed by atoms with van der Waals surface area (Å²) in [5.41, 5.74) is 3.05. The van der Waals surface area contributed by atoms with Crippen molar-refractivity contribution in [3.8, 4) is 0 Å². The monoisotopic (exact) mass is 334 g/mol. The summed E-state index contributed by atoms with van der Waals surface area (Å²) >= 11 is 0. The van der Waals surface area contributed by atoms with Crippen molar-refractivity contribution in [1.82, 2.24) is 19.4 Å². The third-order valence-corrected chi connectivity index (χ3v) is 5.04. The Labute approximate surface area is 147 Å². The van der Waals surface area contributed by atoms with Crippen LogP contribution in [0.3, 0.4) is 0 Å². The van der Waals surface area contributed by atoms with E-state index < -0.39 is 0 Å². The van der Waals surface area contributed by atoms with Crippen LogP contribution in [-0.4, -0.2) is 38.4 Å². The number of nitrogens with zero attached hydrogens (tertiary/aromatic N) is 4. The average Bonchev–Trinajstić information content (AvgIpc) is 3.26. The van der Waals surface area contributed by atoms with E-state index in [9.17, 15) is 4.79 Å². The highest BCUT2D eigenvalue weighted by atomic mass is 16.2. The molecule has 0 spiro atoms. The summed E-state index contributed by atoms with van der Waals surface area (Å²) in [6, 6.07) is 14.1. The van der Waals surface area contributed by atoms with Gasteiger partial charge < -0.3 is 9.47 Å². The van der Waals surface area contributed by atoms with Crippen molar-refractivity contribution in [2.75, 3.05) is 13.1 Å². The fraction of sp³-hybridized carbons (Fsp3) is 0.350. The van der Waals surface area contributed by atoms with Gasteiger partial charge in [-0.1, -0.05) is 30.3 Å². The van der Waals surface area contributed by atoms with Crippen LogP contribution in [0.15, 0.2) is 48.7 Å². The second-order valence-corrected chi connectivity index (χ2v) is 6.69. The van der Waals surface area contributed by atoms with Crippen molar-refractivity contribution in [2.24, 2.45) is 7.05 Å². The molecule has 2 aromatic heterocycles. The smallest absolute Gasteiger partial charge is 0.222 e. The summed E-state index contributed by atoms with van der Waals surface area (Å²) in [6.07, 6.45) is 4.13. The molecule has 1 atom stereocenters. The number of likely N-dealkylation sites (tertiary alicyclic amines) is 1. The zero-order valence-electron chi connectivity index (χ0n) is 14.4. The standard InChI is InChI=1S/C20H22N4O/c1-23-19(22-17-8-5-12-21-20(17)23)16-11-13-24(14-16)18(25)10-9-15-6-3-2-4-7-15/h2-8,12,16H,9-11,13-14H2,1H3. The molecule has 3 aromatic rings. The van der Waals surface area contributed by atoms with Gasteiger partial charge in [0.1, 0.15) is 11.3 Å². The van der Waals surface area contributed by atoms with Crippen molar-refractivity contribution in [3.63, 3.8) is 0 Å². The number of hydrogen-bond acceptors (Lipinski definition) is 3. The lowest BCUT2D eigenvalue weighted by Crippen LogP contribution is -2.28. The van der Waals surface area contributed by atoms with E-state index in [0.717, 1.165) is 42.9 Å². The number of hydrogen-bond donors (Lipinski definition) is 0. The first-order chi connectivity index (χ1) is 12.2. The SMILES string of the molecule is Cn1c(C2CCN(C(=O)CCc3ccccc3)C2)nc2cccnc21.